The molecule has 0 rings (SSSR count). The third-order valence-corrected chi connectivity index (χ3v) is 12.2. The molecule has 0 fully saturated rings. The van der Waals surface area contributed by atoms with Gasteiger partial charge in [-0.2, -0.15) is 11.8 Å². The zero-order chi connectivity index (χ0) is 16.9. The molecule has 0 heterocycles. The summed E-state index contributed by atoms with van der Waals surface area (Å²) in [5.41, 5.74) is 0. The quantitative estimate of drug-likeness (QED) is 0.411. The Morgan fingerprint density at radius 1 is 0.636 bits per heavy atom. The second-order valence-corrected chi connectivity index (χ2v) is 12.1. The lowest BCUT2D eigenvalue weighted by molar-refractivity contribution is 0.0712. The molecule has 0 spiro atoms. The van der Waals surface area contributed by atoms with Gasteiger partial charge in [-0.25, -0.2) is 0 Å². The largest absolute Gasteiger partial charge is 0.500 e. The van der Waals surface area contributed by atoms with Crippen LogP contribution in [0.4, 0.5) is 0 Å². The highest BCUT2D eigenvalue weighted by Crippen LogP contribution is 2.27. The van der Waals surface area contributed by atoms with Gasteiger partial charge < -0.3 is 22.1 Å². The van der Waals surface area contributed by atoms with Gasteiger partial charge in [-0.15, -0.1) is 0 Å². The van der Waals surface area contributed by atoms with Crippen LogP contribution < -0.4 is 0 Å². The second kappa shape index (κ2) is 12.9. The van der Waals surface area contributed by atoms with Gasteiger partial charge in [0.15, 0.2) is 0 Å². The molecule has 5 nitrogen and oxygen atoms in total. The van der Waals surface area contributed by atoms with E-state index in [1.807, 2.05) is 34.6 Å². The van der Waals surface area contributed by atoms with Gasteiger partial charge in [0, 0.05) is 44.5 Å². The summed E-state index contributed by atoms with van der Waals surface area (Å²) < 4.78 is 30.0. The van der Waals surface area contributed by atoms with Crippen LogP contribution in [0.3, 0.4) is 0 Å². The summed E-state index contributed by atoms with van der Waals surface area (Å²) in [6.45, 7) is 13.2. The van der Waals surface area contributed by atoms with E-state index in [0.717, 1.165) is 17.5 Å². The van der Waals surface area contributed by atoms with Gasteiger partial charge in [0.2, 0.25) is 0 Å². The smallest absolute Gasteiger partial charge is 0.394 e. The standard InChI is InChI=1S/C14H34O5SSi2/c1-7-15-21(14-20-6,16-8-2)12-13-22(17-9-3,18-10-4)19-11-5/h7-14H2,1-6H3. The molecule has 8 heteroatoms. The fraction of sp³-hybridized carbons (Fsp3) is 1.00. The molecule has 0 bridgehead atoms. The Morgan fingerprint density at radius 2 is 1.05 bits per heavy atom. The maximum absolute atomic E-state index is 6.09. The molecule has 134 valence electrons. The van der Waals surface area contributed by atoms with Crippen molar-refractivity contribution in [1.82, 2.24) is 0 Å². The average molecular weight is 371 g/mol. The van der Waals surface area contributed by atoms with Gasteiger partial charge in [0.05, 0.1) is 0 Å². The molecule has 0 aromatic heterocycles. The van der Waals surface area contributed by atoms with E-state index in [0.29, 0.717) is 33.0 Å². The van der Waals surface area contributed by atoms with Crippen LogP contribution in [-0.2, 0) is 22.1 Å². The van der Waals surface area contributed by atoms with E-state index < -0.39 is 17.4 Å². The lowest BCUT2D eigenvalue weighted by Gasteiger charge is -2.34. The first-order chi connectivity index (χ1) is 10.6. The van der Waals surface area contributed by atoms with E-state index in [1.54, 1.807) is 11.8 Å². The lowest BCUT2D eigenvalue weighted by atomic mass is 10.9. The zero-order valence-electron chi connectivity index (χ0n) is 15.1. The van der Waals surface area contributed by atoms with E-state index in [1.165, 1.54) is 0 Å². The Bertz CT molecular complexity index is 212. The summed E-state index contributed by atoms with van der Waals surface area (Å²) in [5.74, 6) is 0. The summed E-state index contributed by atoms with van der Waals surface area (Å²) in [4.78, 5) is 0. The molecular weight excluding hydrogens is 336 g/mol. The summed E-state index contributed by atoms with van der Waals surface area (Å²) in [5, 5.41) is 0.920. The first-order valence-electron chi connectivity index (χ1n) is 8.26. The van der Waals surface area contributed by atoms with Crippen molar-refractivity contribution >= 4 is 29.1 Å². The van der Waals surface area contributed by atoms with Gasteiger partial charge in [0.1, 0.15) is 0 Å². The van der Waals surface area contributed by atoms with Crippen LogP contribution in [0.1, 0.15) is 34.6 Å². The molecular formula is C14H34O5SSi2. The van der Waals surface area contributed by atoms with Crippen LogP contribution in [0, 0.1) is 0 Å². The molecule has 0 aliphatic carbocycles. The van der Waals surface area contributed by atoms with Gasteiger partial charge >= 0.3 is 17.4 Å². The molecule has 0 aromatic rings. The van der Waals surface area contributed by atoms with Gasteiger partial charge in [-0.05, 0) is 46.9 Å². The Kier molecular flexibility index (Phi) is 13.3. The van der Waals surface area contributed by atoms with Crippen molar-refractivity contribution in [2.45, 2.75) is 46.7 Å². The topological polar surface area (TPSA) is 46.2 Å². The molecule has 0 aliphatic rings. The van der Waals surface area contributed by atoms with Crippen LogP contribution >= 0.6 is 11.8 Å². The van der Waals surface area contributed by atoms with Crippen LogP contribution in [-0.4, -0.2) is 62.0 Å². The van der Waals surface area contributed by atoms with E-state index >= 15 is 0 Å². The third kappa shape index (κ3) is 7.91. The number of thioether (sulfide) groups is 1. The predicted molar refractivity (Wildman–Crippen MR) is 97.6 cm³/mol. The maximum Gasteiger partial charge on any atom is 0.500 e. The summed E-state index contributed by atoms with van der Waals surface area (Å²) in [6.07, 6.45) is 2.10. The molecule has 0 unspecified atom stereocenters. The molecule has 0 aromatic carbocycles. The number of hydrogen-bond donors (Lipinski definition) is 0. The minimum absolute atomic E-state index is 0.604. The molecule has 0 amide bonds. The van der Waals surface area contributed by atoms with E-state index in [9.17, 15) is 0 Å². The fourth-order valence-electron chi connectivity index (χ4n) is 2.43. The molecule has 22 heavy (non-hydrogen) atoms. The van der Waals surface area contributed by atoms with Crippen molar-refractivity contribution in [1.29, 1.82) is 0 Å². The molecule has 0 aliphatic heterocycles. The summed E-state index contributed by atoms with van der Waals surface area (Å²) >= 11 is 1.78. The summed E-state index contributed by atoms with van der Waals surface area (Å²) in [7, 11) is -4.86. The highest BCUT2D eigenvalue weighted by atomic mass is 32.2. The highest BCUT2D eigenvalue weighted by molar-refractivity contribution is 8.00. The van der Waals surface area contributed by atoms with Crippen molar-refractivity contribution in [3.8, 4) is 0 Å². The van der Waals surface area contributed by atoms with Crippen LogP contribution in [0.2, 0.25) is 12.1 Å². The number of hydrogen-bond acceptors (Lipinski definition) is 6. The molecule has 0 saturated carbocycles. The van der Waals surface area contributed by atoms with Crippen molar-refractivity contribution in [3.05, 3.63) is 0 Å². The minimum Gasteiger partial charge on any atom is -0.394 e. The Hall–Kier alpha value is 0.584. The third-order valence-electron chi connectivity index (χ3n) is 3.08. The van der Waals surface area contributed by atoms with Crippen molar-refractivity contribution < 1.29 is 22.1 Å². The van der Waals surface area contributed by atoms with E-state index in [4.69, 9.17) is 22.1 Å². The molecule has 0 atom stereocenters. The normalized spacial score (nSPS) is 12.8. The minimum atomic E-state index is -2.63. The van der Waals surface area contributed by atoms with Crippen molar-refractivity contribution in [2.75, 3.05) is 44.7 Å². The Balaban J connectivity index is 5.04. The Labute approximate surface area is 143 Å². The van der Waals surface area contributed by atoms with E-state index in [2.05, 4.69) is 6.26 Å². The average Bonchev–Trinajstić information content (AvgIpc) is 2.47. The van der Waals surface area contributed by atoms with Gasteiger partial charge in [-0.1, -0.05) is 0 Å². The first kappa shape index (κ1) is 22.6. The van der Waals surface area contributed by atoms with Gasteiger partial charge in [-0.3, -0.25) is 0 Å². The fourth-order valence-corrected chi connectivity index (χ4v) is 11.6. The van der Waals surface area contributed by atoms with Crippen LogP contribution in [0.5, 0.6) is 0 Å². The Morgan fingerprint density at radius 3 is 1.36 bits per heavy atom. The maximum atomic E-state index is 6.09. The SMILES string of the molecule is CCO[Si](CC[Si](OCC)(OCC)OCC)(CSC)OCC. The van der Waals surface area contributed by atoms with Crippen molar-refractivity contribution in [2.24, 2.45) is 0 Å². The molecule has 0 saturated heterocycles. The van der Waals surface area contributed by atoms with Crippen LogP contribution in [0.25, 0.3) is 0 Å². The predicted octanol–water partition coefficient (Wildman–Crippen LogP) is 3.45. The second-order valence-electron chi connectivity index (χ2n) is 4.69. The van der Waals surface area contributed by atoms with Gasteiger partial charge in [0.25, 0.3) is 0 Å². The zero-order valence-corrected chi connectivity index (χ0v) is 17.9. The van der Waals surface area contributed by atoms with Crippen LogP contribution in [0.15, 0.2) is 0 Å². The van der Waals surface area contributed by atoms with Crippen molar-refractivity contribution in [3.63, 3.8) is 0 Å². The summed E-state index contributed by atoms with van der Waals surface area (Å²) in [6, 6.07) is 1.61. The van der Waals surface area contributed by atoms with E-state index in [-0.39, 0.29) is 0 Å². The monoisotopic (exact) mass is 370 g/mol. The highest BCUT2D eigenvalue weighted by Gasteiger charge is 2.46. The number of rotatable bonds is 15. The molecule has 0 N–H and O–H groups in total. The lowest BCUT2D eigenvalue weighted by Crippen LogP contribution is -2.51. The molecule has 0 radical (unpaired) electrons. The first-order valence-corrected chi connectivity index (χ1v) is 13.8.